The third kappa shape index (κ3) is 6.35. The second-order valence-electron chi connectivity index (χ2n) is 7.77. The largest absolute Gasteiger partial charge is 0.493 e. The highest BCUT2D eigenvalue weighted by Crippen LogP contribution is 2.31. The van der Waals surface area contributed by atoms with E-state index in [0.29, 0.717) is 61.4 Å². The molecule has 8 heteroatoms. The minimum absolute atomic E-state index is 0.295. The van der Waals surface area contributed by atoms with Gasteiger partial charge in [-0.1, -0.05) is 6.07 Å². The molecule has 182 valence electrons. The molecule has 1 atom stereocenters. The van der Waals surface area contributed by atoms with E-state index in [9.17, 15) is 14.3 Å². The number of carboxylic acid groups (broad SMARTS) is 1. The van der Waals surface area contributed by atoms with Crippen LogP contribution in [0.25, 0.3) is 11.5 Å². The van der Waals surface area contributed by atoms with Crippen molar-refractivity contribution in [2.24, 2.45) is 0 Å². The van der Waals surface area contributed by atoms with Gasteiger partial charge in [-0.15, -0.1) is 0 Å². The number of benzene rings is 2. The molecule has 1 aromatic heterocycles. The van der Waals surface area contributed by atoms with E-state index in [-0.39, 0.29) is 5.82 Å². The first-order chi connectivity index (χ1) is 16.3. The molecule has 0 aliphatic carbocycles. The first-order valence-corrected chi connectivity index (χ1v) is 11.3. The molecule has 0 unspecified atom stereocenters. The molecule has 0 aliphatic rings. The number of carboxylic acids is 1. The Labute approximate surface area is 198 Å². The van der Waals surface area contributed by atoms with Gasteiger partial charge in [0.2, 0.25) is 5.89 Å². The third-order valence-corrected chi connectivity index (χ3v) is 5.34. The van der Waals surface area contributed by atoms with Crippen molar-refractivity contribution in [2.45, 2.75) is 46.6 Å². The van der Waals surface area contributed by atoms with Crippen LogP contribution >= 0.6 is 0 Å². The maximum Gasteiger partial charge on any atom is 0.333 e. The second-order valence-corrected chi connectivity index (χ2v) is 7.77. The van der Waals surface area contributed by atoms with Crippen LogP contribution in [-0.4, -0.2) is 42.0 Å². The van der Waals surface area contributed by atoms with E-state index < -0.39 is 12.1 Å². The van der Waals surface area contributed by atoms with Crippen LogP contribution in [0.2, 0.25) is 0 Å². The number of nitrogens with zero attached hydrogens (tertiary/aromatic N) is 1. The molecule has 0 saturated carbocycles. The van der Waals surface area contributed by atoms with Crippen LogP contribution in [0.3, 0.4) is 0 Å². The summed E-state index contributed by atoms with van der Waals surface area (Å²) in [5.74, 6) is 0.741. The summed E-state index contributed by atoms with van der Waals surface area (Å²) in [4.78, 5) is 15.9. The maximum absolute atomic E-state index is 13.6. The van der Waals surface area contributed by atoms with E-state index in [1.807, 2.05) is 39.0 Å². The SMILES string of the molecule is CCOc1cc(F)ccc1-c1nc(CCOc2ccc(C[C@H](OCC)C(=O)O)c(C)c2)c(C)o1. The van der Waals surface area contributed by atoms with Crippen molar-refractivity contribution in [3.05, 3.63) is 64.8 Å². The van der Waals surface area contributed by atoms with Crippen LogP contribution in [0.4, 0.5) is 4.39 Å². The predicted octanol–water partition coefficient (Wildman–Crippen LogP) is 5.15. The molecule has 0 spiro atoms. The predicted molar refractivity (Wildman–Crippen MR) is 125 cm³/mol. The fourth-order valence-electron chi connectivity index (χ4n) is 3.59. The van der Waals surface area contributed by atoms with Crippen molar-refractivity contribution in [1.29, 1.82) is 0 Å². The van der Waals surface area contributed by atoms with E-state index in [1.54, 1.807) is 13.0 Å². The lowest BCUT2D eigenvalue weighted by molar-refractivity contribution is -0.149. The molecule has 0 aliphatic heterocycles. The van der Waals surface area contributed by atoms with Crippen LogP contribution in [0.1, 0.15) is 36.4 Å². The molecule has 0 radical (unpaired) electrons. The van der Waals surface area contributed by atoms with Gasteiger partial charge in [-0.2, -0.15) is 0 Å². The van der Waals surface area contributed by atoms with E-state index in [2.05, 4.69) is 4.98 Å². The Bertz CT molecular complexity index is 1130. The highest BCUT2D eigenvalue weighted by atomic mass is 19.1. The van der Waals surface area contributed by atoms with Crippen LogP contribution in [0, 0.1) is 19.7 Å². The number of halogens is 1. The van der Waals surface area contributed by atoms with Gasteiger partial charge in [0.25, 0.3) is 0 Å². The minimum Gasteiger partial charge on any atom is -0.493 e. The first kappa shape index (κ1) is 25.2. The summed E-state index contributed by atoms with van der Waals surface area (Å²) < 4.78 is 36.1. The molecular formula is C26H30FNO6. The molecule has 7 nitrogen and oxygen atoms in total. The number of carbonyl (C=O) groups is 1. The topological polar surface area (TPSA) is 91.0 Å². The molecule has 3 aromatic rings. The number of ether oxygens (including phenoxy) is 3. The molecule has 0 saturated heterocycles. The quantitative estimate of drug-likeness (QED) is 0.391. The normalized spacial score (nSPS) is 11.9. The molecule has 3 rings (SSSR count). The molecule has 2 aromatic carbocycles. The molecule has 0 fully saturated rings. The average Bonchev–Trinajstić information content (AvgIpc) is 3.15. The van der Waals surface area contributed by atoms with Crippen molar-refractivity contribution in [3.63, 3.8) is 0 Å². The zero-order valence-corrected chi connectivity index (χ0v) is 19.9. The van der Waals surface area contributed by atoms with Gasteiger partial charge in [0.1, 0.15) is 23.1 Å². The van der Waals surface area contributed by atoms with E-state index in [4.69, 9.17) is 18.6 Å². The lowest BCUT2D eigenvalue weighted by atomic mass is 10.0. The summed E-state index contributed by atoms with van der Waals surface area (Å²) >= 11 is 0. The number of aromatic nitrogens is 1. The summed E-state index contributed by atoms with van der Waals surface area (Å²) in [6.07, 6.45) is -0.0556. The van der Waals surface area contributed by atoms with Crippen molar-refractivity contribution < 1.29 is 32.9 Å². The van der Waals surface area contributed by atoms with Crippen molar-refractivity contribution >= 4 is 5.97 Å². The van der Waals surface area contributed by atoms with Gasteiger partial charge in [0, 0.05) is 25.5 Å². The summed E-state index contributed by atoms with van der Waals surface area (Å²) in [6.45, 7) is 8.47. The molecule has 1 heterocycles. The van der Waals surface area contributed by atoms with Crippen LogP contribution in [0.5, 0.6) is 11.5 Å². The van der Waals surface area contributed by atoms with Gasteiger partial charge in [0.05, 0.1) is 24.5 Å². The first-order valence-electron chi connectivity index (χ1n) is 11.3. The lowest BCUT2D eigenvalue weighted by Crippen LogP contribution is -2.26. The molecule has 0 amide bonds. The smallest absolute Gasteiger partial charge is 0.333 e. The number of aliphatic carboxylic acids is 1. The summed E-state index contributed by atoms with van der Waals surface area (Å²) in [6, 6.07) is 9.83. The van der Waals surface area contributed by atoms with Crippen molar-refractivity contribution in [2.75, 3.05) is 19.8 Å². The number of aryl methyl sites for hydroxylation is 2. The Balaban J connectivity index is 1.64. The van der Waals surface area contributed by atoms with E-state index in [1.165, 1.54) is 12.1 Å². The number of hydrogen-bond donors (Lipinski definition) is 1. The fraction of sp³-hybridized carbons (Fsp3) is 0.385. The highest BCUT2D eigenvalue weighted by Gasteiger charge is 2.19. The van der Waals surface area contributed by atoms with Crippen LogP contribution < -0.4 is 9.47 Å². The van der Waals surface area contributed by atoms with Crippen LogP contribution in [0.15, 0.2) is 40.8 Å². The monoisotopic (exact) mass is 471 g/mol. The Morgan fingerprint density at radius 2 is 1.91 bits per heavy atom. The molecule has 34 heavy (non-hydrogen) atoms. The number of oxazole rings is 1. The summed E-state index contributed by atoms with van der Waals surface area (Å²) in [5.41, 5.74) is 3.17. The van der Waals surface area contributed by atoms with E-state index >= 15 is 0 Å². The van der Waals surface area contributed by atoms with Gasteiger partial charge in [0.15, 0.2) is 6.10 Å². The summed E-state index contributed by atoms with van der Waals surface area (Å²) in [5, 5.41) is 9.30. The van der Waals surface area contributed by atoms with Gasteiger partial charge >= 0.3 is 5.97 Å². The highest BCUT2D eigenvalue weighted by molar-refractivity contribution is 5.72. The third-order valence-electron chi connectivity index (χ3n) is 5.34. The molecule has 1 N–H and O–H groups in total. The minimum atomic E-state index is -0.974. The number of rotatable bonds is 12. The van der Waals surface area contributed by atoms with Gasteiger partial charge < -0.3 is 23.7 Å². The Hall–Kier alpha value is -3.39. The Morgan fingerprint density at radius 3 is 2.59 bits per heavy atom. The standard InChI is InChI=1S/C26H30FNO6/c1-5-31-23-15-19(27)8-10-21(23)25-28-22(17(4)34-25)11-12-33-20-9-7-18(16(3)13-20)14-24(26(29)30)32-6-2/h7-10,13,15,24H,5-6,11-12,14H2,1-4H3,(H,29,30)/t24-/m0/s1. The van der Waals surface area contributed by atoms with Gasteiger partial charge in [-0.25, -0.2) is 14.2 Å². The van der Waals surface area contributed by atoms with Gasteiger partial charge in [-0.05, 0) is 63.1 Å². The van der Waals surface area contributed by atoms with Crippen LogP contribution in [-0.2, 0) is 22.4 Å². The maximum atomic E-state index is 13.6. The Kier molecular flexibility index (Phi) is 8.65. The average molecular weight is 472 g/mol. The Morgan fingerprint density at radius 1 is 1.12 bits per heavy atom. The van der Waals surface area contributed by atoms with Crippen molar-refractivity contribution in [3.8, 4) is 23.0 Å². The zero-order valence-electron chi connectivity index (χ0n) is 19.9. The van der Waals surface area contributed by atoms with E-state index in [0.717, 1.165) is 16.8 Å². The van der Waals surface area contributed by atoms with Crippen molar-refractivity contribution in [1.82, 2.24) is 4.98 Å². The van der Waals surface area contributed by atoms with Gasteiger partial charge in [-0.3, -0.25) is 0 Å². The fourth-order valence-corrected chi connectivity index (χ4v) is 3.59. The molecule has 0 bridgehead atoms. The second kappa shape index (κ2) is 11.7. The number of hydrogen-bond acceptors (Lipinski definition) is 6. The molecular weight excluding hydrogens is 441 g/mol. The zero-order chi connectivity index (χ0) is 24.7. The summed E-state index contributed by atoms with van der Waals surface area (Å²) in [7, 11) is 0. The lowest BCUT2D eigenvalue weighted by Gasteiger charge is -2.15.